The van der Waals surface area contributed by atoms with Crippen LogP contribution in [0, 0.1) is 0 Å². The van der Waals surface area contributed by atoms with Gasteiger partial charge >= 0.3 is 11.9 Å². The minimum atomic E-state index is -0.864. The SMILES string of the molecule is O=C(O)CCc1ccc(CC(=O)O)s1. The summed E-state index contributed by atoms with van der Waals surface area (Å²) < 4.78 is 0. The molecule has 14 heavy (non-hydrogen) atoms. The highest BCUT2D eigenvalue weighted by Crippen LogP contribution is 2.18. The molecule has 1 aromatic heterocycles. The maximum Gasteiger partial charge on any atom is 0.308 e. The van der Waals surface area contributed by atoms with Gasteiger partial charge in [-0.2, -0.15) is 0 Å². The van der Waals surface area contributed by atoms with Crippen LogP contribution in [0.2, 0.25) is 0 Å². The van der Waals surface area contributed by atoms with Gasteiger partial charge in [0, 0.05) is 9.75 Å². The zero-order chi connectivity index (χ0) is 10.6. The Morgan fingerprint density at radius 2 is 1.79 bits per heavy atom. The topological polar surface area (TPSA) is 74.6 Å². The lowest BCUT2D eigenvalue weighted by molar-refractivity contribution is -0.137. The van der Waals surface area contributed by atoms with E-state index in [-0.39, 0.29) is 12.8 Å². The highest BCUT2D eigenvalue weighted by molar-refractivity contribution is 7.12. The molecule has 4 nitrogen and oxygen atoms in total. The molecular weight excluding hydrogens is 204 g/mol. The van der Waals surface area contributed by atoms with Crippen LogP contribution in [0.5, 0.6) is 0 Å². The van der Waals surface area contributed by atoms with Crippen molar-refractivity contribution in [2.24, 2.45) is 0 Å². The molecule has 0 saturated carbocycles. The number of hydrogen-bond donors (Lipinski definition) is 2. The first-order valence-corrected chi connectivity index (χ1v) is 4.91. The predicted octanol–water partition coefficient (Wildman–Crippen LogP) is 1.39. The molecule has 0 aromatic carbocycles. The van der Waals surface area contributed by atoms with Gasteiger partial charge in [0.05, 0.1) is 12.8 Å². The van der Waals surface area contributed by atoms with Gasteiger partial charge in [0.1, 0.15) is 0 Å². The molecule has 0 bridgehead atoms. The molecule has 1 rings (SSSR count). The summed E-state index contributed by atoms with van der Waals surface area (Å²) in [4.78, 5) is 22.3. The standard InChI is InChI=1S/C9H10O4S/c10-8(11)4-3-6-1-2-7(14-6)5-9(12)13/h1-2H,3-5H2,(H,10,11)(H,12,13). The Morgan fingerprint density at radius 1 is 1.14 bits per heavy atom. The van der Waals surface area contributed by atoms with Gasteiger partial charge in [0.2, 0.25) is 0 Å². The summed E-state index contributed by atoms with van der Waals surface area (Å²) in [6.07, 6.45) is 0.574. The van der Waals surface area contributed by atoms with Crippen molar-refractivity contribution < 1.29 is 19.8 Å². The number of aryl methyl sites for hydroxylation is 1. The van der Waals surface area contributed by atoms with Gasteiger partial charge in [-0.25, -0.2) is 0 Å². The van der Waals surface area contributed by atoms with Gasteiger partial charge in [-0.15, -0.1) is 11.3 Å². The lowest BCUT2D eigenvalue weighted by Crippen LogP contribution is -1.97. The second kappa shape index (κ2) is 4.76. The summed E-state index contributed by atoms with van der Waals surface area (Å²) in [6, 6.07) is 3.52. The molecule has 0 radical (unpaired) electrons. The van der Waals surface area contributed by atoms with Crippen LogP contribution in [-0.4, -0.2) is 22.2 Å². The highest BCUT2D eigenvalue weighted by atomic mass is 32.1. The Balaban J connectivity index is 2.50. The lowest BCUT2D eigenvalue weighted by atomic mass is 10.2. The summed E-state index contributed by atoms with van der Waals surface area (Å²) in [6.45, 7) is 0. The number of aliphatic carboxylic acids is 2. The largest absolute Gasteiger partial charge is 0.481 e. The zero-order valence-electron chi connectivity index (χ0n) is 7.40. The van der Waals surface area contributed by atoms with Crippen molar-refractivity contribution in [3.05, 3.63) is 21.9 Å². The molecule has 5 heteroatoms. The average molecular weight is 214 g/mol. The van der Waals surface area contributed by atoms with E-state index in [2.05, 4.69) is 0 Å². The van der Waals surface area contributed by atoms with Crippen molar-refractivity contribution in [2.75, 3.05) is 0 Å². The molecule has 0 amide bonds. The van der Waals surface area contributed by atoms with Crippen LogP contribution in [0.15, 0.2) is 12.1 Å². The third-order valence-electron chi connectivity index (χ3n) is 1.63. The van der Waals surface area contributed by atoms with Gasteiger partial charge in [0.25, 0.3) is 0 Å². The van der Waals surface area contributed by atoms with E-state index in [0.717, 1.165) is 9.75 Å². The second-order valence-corrected chi connectivity index (χ2v) is 4.09. The first-order valence-electron chi connectivity index (χ1n) is 4.09. The molecular formula is C9H10O4S. The maximum absolute atomic E-state index is 10.4. The summed E-state index contributed by atoms with van der Waals surface area (Å²) in [5.41, 5.74) is 0. The summed E-state index contributed by atoms with van der Waals surface area (Å²) in [7, 11) is 0. The van der Waals surface area contributed by atoms with E-state index in [1.165, 1.54) is 11.3 Å². The maximum atomic E-state index is 10.4. The number of carboxylic acid groups (broad SMARTS) is 2. The zero-order valence-corrected chi connectivity index (χ0v) is 8.21. The highest BCUT2D eigenvalue weighted by Gasteiger charge is 2.05. The fourth-order valence-electron chi connectivity index (χ4n) is 1.03. The molecule has 0 aliphatic carbocycles. The predicted molar refractivity (Wildman–Crippen MR) is 51.6 cm³/mol. The number of rotatable bonds is 5. The smallest absolute Gasteiger partial charge is 0.308 e. The van der Waals surface area contributed by atoms with Crippen LogP contribution < -0.4 is 0 Å². The molecule has 0 atom stereocenters. The third kappa shape index (κ3) is 3.57. The van der Waals surface area contributed by atoms with Crippen molar-refractivity contribution in [3.63, 3.8) is 0 Å². The van der Waals surface area contributed by atoms with E-state index in [0.29, 0.717) is 6.42 Å². The molecule has 0 aliphatic rings. The molecule has 1 heterocycles. The average Bonchev–Trinajstić information content (AvgIpc) is 2.47. The van der Waals surface area contributed by atoms with Gasteiger partial charge in [-0.3, -0.25) is 9.59 Å². The van der Waals surface area contributed by atoms with Crippen molar-refractivity contribution >= 4 is 23.3 Å². The summed E-state index contributed by atoms with van der Waals surface area (Å²) in [5.74, 6) is -1.70. The van der Waals surface area contributed by atoms with Crippen LogP contribution >= 0.6 is 11.3 Å². The van der Waals surface area contributed by atoms with Crippen molar-refractivity contribution in [1.82, 2.24) is 0 Å². The Morgan fingerprint density at radius 3 is 2.36 bits per heavy atom. The number of hydrogen-bond acceptors (Lipinski definition) is 3. The van der Waals surface area contributed by atoms with Gasteiger partial charge in [-0.1, -0.05) is 0 Å². The number of carboxylic acids is 2. The molecule has 0 saturated heterocycles. The molecule has 1 aromatic rings. The van der Waals surface area contributed by atoms with Gasteiger partial charge < -0.3 is 10.2 Å². The van der Waals surface area contributed by atoms with Gasteiger partial charge in [-0.05, 0) is 18.6 Å². The lowest BCUT2D eigenvalue weighted by Gasteiger charge is -1.91. The fourth-order valence-corrected chi connectivity index (χ4v) is 2.04. The molecule has 0 unspecified atom stereocenters. The van der Waals surface area contributed by atoms with Crippen LogP contribution in [0.3, 0.4) is 0 Å². The Bertz CT molecular complexity index is 342. The molecule has 0 aliphatic heterocycles. The van der Waals surface area contributed by atoms with Crippen LogP contribution in [0.25, 0.3) is 0 Å². The van der Waals surface area contributed by atoms with Crippen LogP contribution in [0.1, 0.15) is 16.2 Å². The van der Waals surface area contributed by atoms with E-state index < -0.39 is 11.9 Å². The Labute approximate surface area is 84.8 Å². The van der Waals surface area contributed by atoms with E-state index >= 15 is 0 Å². The minimum Gasteiger partial charge on any atom is -0.481 e. The van der Waals surface area contributed by atoms with Crippen molar-refractivity contribution in [1.29, 1.82) is 0 Å². The second-order valence-electron chi connectivity index (χ2n) is 2.83. The van der Waals surface area contributed by atoms with Crippen LogP contribution in [0.4, 0.5) is 0 Å². The molecule has 76 valence electrons. The number of thiophene rings is 1. The summed E-state index contributed by atoms with van der Waals surface area (Å²) >= 11 is 1.36. The number of carbonyl (C=O) groups is 2. The van der Waals surface area contributed by atoms with E-state index in [1.54, 1.807) is 12.1 Å². The minimum absolute atomic E-state index is 0.0116. The van der Waals surface area contributed by atoms with Gasteiger partial charge in [0.15, 0.2) is 0 Å². The molecule has 0 spiro atoms. The van der Waals surface area contributed by atoms with Crippen LogP contribution in [-0.2, 0) is 22.4 Å². The summed E-state index contributed by atoms with van der Waals surface area (Å²) in [5, 5.41) is 16.9. The first kappa shape index (κ1) is 10.7. The van der Waals surface area contributed by atoms with Crippen molar-refractivity contribution in [3.8, 4) is 0 Å². The molecule has 2 N–H and O–H groups in total. The third-order valence-corrected chi connectivity index (χ3v) is 2.77. The Kier molecular flexibility index (Phi) is 3.64. The Hall–Kier alpha value is -1.36. The van der Waals surface area contributed by atoms with E-state index in [4.69, 9.17) is 10.2 Å². The normalized spacial score (nSPS) is 10.0. The molecule has 0 fully saturated rings. The van der Waals surface area contributed by atoms with Crippen molar-refractivity contribution in [2.45, 2.75) is 19.3 Å². The first-order chi connectivity index (χ1) is 6.58. The van der Waals surface area contributed by atoms with E-state index in [9.17, 15) is 9.59 Å². The monoisotopic (exact) mass is 214 g/mol. The van der Waals surface area contributed by atoms with E-state index in [1.807, 2.05) is 0 Å². The fraction of sp³-hybridized carbons (Fsp3) is 0.333. The quantitative estimate of drug-likeness (QED) is 0.776.